The van der Waals surface area contributed by atoms with E-state index in [-0.39, 0.29) is 29.5 Å². The van der Waals surface area contributed by atoms with E-state index in [4.69, 9.17) is 9.47 Å². The van der Waals surface area contributed by atoms with Gasteiger partial charge in [0.1, 0.15) is 30.0 Å². The number of urea groups is 1. The lowest BCUT2D eigenvalue weighted by Crippen LogP contribution is -2.45. The van der Waals surface area contributed by atoms with Gasteiger partial charge in [0.25, 0.3) is 0 Å². The number of carbonyl (C=O) groups is 1. The third kappa shape index (κ3) is 7.95. The Kier molecular flexibility index (Phi) is 10.3. The summed E-state index contributed by atoms with van der Waals surface area (Å²) in [6.45, 7) is 16.6. The molecule has 2 aliphatic rings. The smallest absolute Gasteiger partial charge is 0.319 e. The number of H-pyrrole nitrogens is 1. The monoisotopic (exact) mass is 704 g/mol. The van der Waals surface area contributed by atoms with Crippen molar-refractivity contribution in [2.45, 2.75) is 70.9 Å². The summed E-state index contributed by atoms with van der Waals surface area (Å²) in [7, 11) is 2.17. The van der Waals surface area contributed by atoms with Gasteiger partial charge in [-0.3, -0.25) is 9.30 Å². The number of carbonyl (C=O) groups excluding carboxylic acids is 1. The number of aromatic amines is 1. The number of hydrogen-bond donors (Lipinski definition) is 3. The minimum atomic E-state index is -0.247. The highest BCUT2D eigenvalue weighted by atomic mass is 16.5. The molecule has 2 amide bonds. The average Bonchev–Trinajstić information content (AvgIpc) is 3.75. The fourth-order valence-corrected chi connectivity index (χ4v) is 7.12. The molecule has 1 fully saturated rings. The van der Waals surface area contributed by atoms with Gasteiger partial charge in [-0.15, -0.1) is 10.2 Å². The third-order valence-corrected chi connectivity index (χ3v) is 10.2. The highest BCUT2D eigenvalue weighted by Gasteiger charge is 2.30. The zero-order valence-electron chi connectivity index (χ0n) is 31.3. The summed E-state index contributed by atoms with van der Waals surface area (Å²) < 4.78 is 14.7. The average molecular weight is 705 g/mol. The van der Waals surface area contributed by atoms with E-state index in [1.165, 1.54) is 0 Å². The molecule has 52 heavy (non-hydrogen) atoms. The molecule has 0 unspecified atom stereocenters. The molecule has 3 aromatic heterocycles. The Bertz CT molecular complexity index is 1990. The maximum Gasteiger partial charge on any atom is 0.319 e. The molecule has 0 bridgehead atoms. The van der Waals surface area contributed by atoms with Crippen LogP contribution in [-0.2, 0) is 5.41 Å². The summed E-state index contributed by atoms with van der Waals surface area (Å²) in [5.41, 5.74) is 6.43. The minimum absolute atomic E-state index is 0.135. The van der Waals surface area contributed by atoms with E-state index in [0.717, 1.165) is 102 Å². The van der Waals surface area contributed by atoms with E-state index >= 15 is 0 Å². The van der Waals surface area contributed by atoms with Crippen LogP contribution < -0.4 is 20.1 Å². The molecule has 3 N–H and O–H groups in total. The maximum atomic E-state index is 13.7. The molecular weight excluding hydrogens is 653 g/mol. The van der Waals surface area contributed by atoms with Crippen molar-refractivity contribution in [1.29, 1.82) is 0 Å². The van der Waals surface area contributed by atoms with E-state index in [1.807, 2.05) is 53.1 Å². The van der Waals surface area contributed by atoms with Crippen LogP contribution in [0.4, 0.5) is 10.5 Å². The molecular formula is C41H52N8O3. The van der Waals surface area contributed by atoms with Crippen molar-refractivity contribution >= 4 is 17.4 Å². The number of nitrogens with one attached hydrogen (secondary N) is 3. The van der Waals surface area contributed by atoms with Crippen LogP contribution in [0.1, 0.15) is 88.2 Å². The number of pyridine rings is 1. The van der Waals surface area contributed by atoms with Gasteiger partial charge in [-0.25, -0.2) is 4.79 Å². The lowest BCUT2D eigenvalue weighted by atomic mass is 9.85. The molecule has 7 rings (SSSR count). The predicted molar refractivity (Wildman–Crippen MR) is 205 cm³/mol. The van der Waals surface area contributed by atoms with Crippen LogP contribution in [0.2, 0.25) is 0 Å². The van der Waals surface area contributed by atoms with Gasteiger partial charge in [0.05, 0.1) is 23.6 Å². The summed E-state index contributed by atoms with van der Waals surface area (Å²) >= 11 is 0. The van der Waals surface area contributed by atoms with Crippen molar-refractivity contribution in [2.75, 3.05) is 51.7 Å². The van der Waals surface area contributed by atoms with Crippen LogP contribution in [0.5, 0.6) is 11.5 Å². The molecule has 0 saturated carbocycles. The third-order valence-electron chi connectivity index (χ3n) is 10.2. The van der Waals surface area contributed by atoms with E-state index in [1.54, 1.807) is 0 Å². The number of hydrogen-bond acceptors (Lipinski definition) is 7. The summed E-state index contributed by atoms with van der Waals surface area (Å²) in [6.07, 6.45) is 3.33. The molecule has 4 heterocycles. The zero-order chi connectivity index (χ0) is 36.4. The van der Waals surface area contributed by atoms with Gasteiger partial charge in [0.15, 0.2) is 5.65 Å². The molecule has 5 aromatic rings. The maximum absolute atomic E-state index is 13.7. The summed E-state index contributed by atoms with van der Waals surface area (Å²) in [5, 5.41) is 15.1. The number of likely N-dealkylation sites (N-methyl/N-ethyl adjacent to an activating group) is 1. The van der Waals surface area contributed by atoms with Gasteiger partial charge < -0.3 is 30.0 Å². The van der Waals surface area contributed by atoms with Crippen LogP contribution in [-0.4, -0.2) is 81.8 Å². The lowest BCUT2D eigenvalue weighted by molar-refractivity contribution is 0.134. The summed E-state index contributed by atoms with van der Waals surface area (Å²) in [4.78, 5) is 22.1. The van der Waals surface area contributed by atoms with Crippen molar-refractivity contribution in [3.63, 3.8) is 0 Å². The number of ether oxygens (including phenoxy) is 2. The first kappa shape index (κ1) is 35.5. The second kappa shape index (κ2) is 15.0. The van der Waals surface area contributed by atoms with E-state index in [2.05, 4.69) is 102 Å². The number of aromatic nitrogens is 4. The zero-order valence-corrected chi connectivity index (χ0v) is 31.3. The molecule has 11 heteroatoms. The molecule has 274 valence electrons. The Balaban J connectivity index is 1.02. The second-order valence-corrected chi connectivity index (χ2v) is 15.5. The highest BCUT2D eigenvalue weighted by Crippen LogP contribution is 2.39. The molecule has 0 radical (unpaired) electrons. The van der Waals surface area contributed by atoms with Crippen molar-refractivity contribution < 1.29 is 14.3 Å². The Morgan fingerprint density at radius 2 is 1.67 bits per heavy atom. The molecule has 1 saturated heterocycles. The SMILES string of the molecule is CC(C)c1nnc2ccc(O[C@@H]3CC[C@H](NC(=O)Nc4cc(C(C)(C)C)[nH]c4-c4ccc(OCCN5CCN(C)CC5)cc4)c4ccccc43)cn12. The molecule has 1 aliphatic heterocycles. The lowest BCUT2D eigenvalue weighted by Gasteiger charge is -2.32. The largest absolute Gasteiger partial charge is 0.492 e. The predicted octanol–water partition coefficient (Wildman–Crippen LogP) is 7.55. The molecule has 0 spiro atoms. The molecule has 2 atom stereocenters. The minimum Gasteiger partial charge on any atom is -0.492 e. The highest BCUT2D eigenvalue weighted by molar-refractivity contribution is 5.94. The topological polar surface area (TPSA) is 112 Å². The van der Waals surface area contributed by atoms with Gasteiger partial charge in [0, 0.05) is 55.3 Å². The van der Waals surface area contributed by atoms with E-state index in [9.17, 15) is 4.79 Å². The summed E-state index contributed by atoms with van der Waals surface area (Å²) in [6, 6.07) is 21.9. The summed E-state index contributed by atoms with van der Waals surface area (Å²) in [5.74, 6) is 2.74. The van der Waals surface area contributed by atoms with Crippen molar-refractivity contribution in [2.24, 2.45) is 0 Å². The molecule has 2 aromatic carbocycles. The number of rotatable bonds is 10. The first-order valence-corrected chi connectivity index (χ1v) is 18.6. The number of amides is 2. The first-order valence-electron chi connectivity index (χ1n) is 18.6. The van der Waals surface area contributed by atoms with Crippen LogP contribution in [0.25, 0.3) is 16.9 Å². The first-order chi connectivity index (χ1) is 25.0. The number of benzene rings is 2. The fourth-order valence-electron chi connectivity index (χ4n) is 7.12. The fraction of sp³-hybridized carbons (Fsp3) is 0.439. The number of anilines is 1. The van der Waals surface area contributed by atoms with Crippen molar-refractivity contribution in [3.8, 4) is 22.8 Å². The van der Waals surface area contributed by atoms with Crippen molar-refractivity contribution in [1.82, 2.24) is 34.7 Å². The van der Waals surface area contributed by atoms with Gasteiger partial charge in [-0.05, 0) is 73.5 Å². The Labute approximate surface area is 306 Å². The van der Waals surface area contributed by atoms with E-state index in [0.29, 0.717) is 6.61 Å². The van der Waals surface area contributed by atoms with Gasteiger partial charge >= 0.3 is 6.03 Å². The second-order valence-electron chi connectivity index (χ2n) is 15.5. The van der Waals surface area contributed by atoms with Crippen LogP contribution >= 0.6 is 0 Å². The van der Waals surface area contributed by atoms with Crippen LogP contribution in [0.15, 0.2) is 72.9 Å². The van der Waals surface area contributed by atoms with Gasteiger partial charge in [-0.2, -0.15) is 0 Å². The van der Waals surface area contributed by atoms with E-state index < -0.39 is 0 Å². The normalized spacial score (nSPS) is 18.4. The number of fused-ring (bicyclic) bond motifs is 2. The van der Waals surface area contributed by atoms with Gasteiger partial charge in [0.2, 0.25) is 0 Å². The van der Waals surface area contributed by atoms with Crippen molar-refractivity contribution in [3.05, 3.63) is 95.6 Å². The Morgan fingerprint density at radius 3 is 2.40 bits per heavy atom. The molecule has 1 aliphatic carbocycles. The quantitative estimate of drug-likeness (QED) is 0.138. The molecule has 11 nitrogen and oxygen atoms in total. The van der Waals surface area contributed by atoms with Gasteiger partial charge in [-0.1, -0.05) is 58.9 Å². The van der Waals surface area contributed by atoms with Crippen LogP contribution in [0.3, 0.4) is 0 Å². The Hall–Kier alpha value is -4.87. The van der Waals surface area contributed by atoms with Crippen LogP contribution in [0, 0.1) is 0 Å². The standard InChI is InChI=1S/C41H52N8O3/c1-27(2)39-46-45-37-18-15-30(26-49(37)39)52-35-17-16-33(31-9-7-8-10-32(31)35)42-40(50)43-34-25-36(41(3,4)5)44-38(34)28-11-13-29(14-12-28)51-24-23-48-21-19-47(6)20-22-48/h7-15,18,25-27,33,35,44H,16-17,19-24H2,1-6H3,(H2,42,43,50)/t33-,35+/m0/s1. The Morgan fingerprint density at radius 1 is 0.942 bits per heavy atom. The number of nitrogens with zero attached hydrogens (tertiary/aromatic N) is 5. The number of piperazine rings is 1.